The number of aliphatic hydroxyl groups is 3. The minimum Gasteiger partial charge on any atom is -0.462 e. The Hall–Kier alpha value is -2.11. The number of phosphoric ester groups is 1. The minimum atomic E-state index is -4.64. The van der Waals surface area contributed by atoms with Crippen molar-refractivity contribution in [1.82, 2.24) is 0 Å². The van der Waals surface area contributed by atoms with Gasteiger partial charge in [-0.2, -0.15) is 0 Å². The zero-order valence-electron chi connectivity index (χ0n) is 37.2. The summed E-state index contributed by atoms with van der Waals surface area (Å²) >= 11 is 0. The highest BCUT2D eigenvalue weighted by Gasteiger charge is 2.27. The first-order valence-corrected chi connectivity index (χ1v) is 24.5. The van der Waals surface area contributed by atoms with Crippen LogP contribution in [-0.4, -0.2) is 76.9 Å². The monoisotopic (exact) mass is 857 g/mol. The Morgan fingerprint density at radius 2 is 1.08 bits per heavy atom. The van der Waals surface area contributed by atoms with E-state index in [1.165, 1.54) is 77.0 Å². The summed E-state index contributed by atoms with van der Waals surface area (Å²) in [4.78, 5) is 35.0. The Kier molecular flexibility index (Phi) is 39.8. The van der Waals surface area contributed by atoms with Crippen molar-refractivity contribution in [3.8, 4) is 0 Å². The van der Waals surface area contributed by atoms with Gasteiger partial charge < -0.3 is 29.7 Å². The number of aliphatic hydroxyl groups excluding tert-OH is 3. The van der Waals surface area contributed by atoms with E-state index < -0.39 is 51.8 Å². The van der Waals surface area contributed by atoms with Crippen molar-refractivity contribution in [2.75, 3.05) is 26.4 Å². The second kappa shape index (κ2) is 41.3. The number of hydrogen-bond acceptors (Lipinski definition) is 10. The zero-order chi connectivity index (χ0) is 43.7. The van der Waals surface area contributed by atoms with Crippen LogP contribution in [0.25, 0.3) is 0 Å². The number of carbonyl (C=O) groups excluding carboxylic acids is 2. The normalized spacial score (nSPS) is 14.8. The second-order valence-electron chi connectivity index (χ2n) is 16.1. The average molecular weight is 857 g/mol. The molecule has 0 fully saturated rings. The van der Waals surface area contributed by atoms with Gasteiger partial charge in [0, 0.05) is 12.8 Å². The molecule has 0 aliphatic rings. The smallest absolute Gasteiger partial charge is 0.462 e. The van der Waals surface area contributed by atoms with E-state index >= 15 is 0 Å². The number of ether oxygens (including phenoxy) is 2. The summed E-state index contributed by atoms with van der Waals surface area (Å²) in [7, 11) is -4.64. The van der Waals surface area contributed by atoms with E-state index in [2.05, 4.69) is 49.6 Å². The van der Waals surface area contributed by atoms with E-state index in [1.54, 1.807) is 0 Å². The lowest BCUT2D eigenvalue weighted by atomic mass is 10.0. The molecule has 0 aliphatic heterocycles. The molecule has 0 amide bonds. The molecule has 0 aromatic carbocycles. The number of rotatable bonds is 42. The minimum absolute atomic E-state index is 0.0915. The van der Waals surface area contributed by atoms with Crippen molar-refractivity contribution in [2.45, 2.75) is 206 Å². The fourth-order valence-corrected chi connectivity index (χ4v) is 6.92. The van der Waals surface area contributed by atoms with Gasteiger partial charge >= 0.3 is 19.8 Å². The molecule has 0 aromatic rings. The maximum atomic E-state index is 12.6. The second-order valence-corrected chi connectivity index (χ2v) is 17.5. The number of carbonyl (C=O) groups is 2. The molecule has 11 nitrogen and oxygen atoms in total. The topological polar surface area (TPSA) is 169 Å². The van der Waals surface area contributed by atoms with E-state index in [-0.39, 0.29) is 25.6 Å². The number of unbranched alkanes of at least 4 members (excludes halogenated alkanes) is 16. The predicted molar refractivity (Wildman–Crippen MR) is 239 cm³/mol. The number of phosphoric acid groups is 1. The third-order valence-corrected chi connectivity index (χ3v) is 10.7. The number of hydrogen-bond donors (Lipinski definition) is 4. The van der Waals surface area contributed by atoms with Gasteiger partial charge in [-0.15, -0.1) is 0 Å². The first-order chi connectivity index (χ1) is 28.5. The standard InChI is InChI=1S/C47H85O11P/c1-4-5-34-43(49)35-30-26-22-18-14-11-12-16-20-24-28-32-37-47(52)58-45(41-57-59(53,54)56-39-44(50)38-48)40-55-46(51)36-31-27-23-19-15-10-8-6-7-9-13-17-21-25-29-33-42(2)3/h11-12,18,20,22,24,30,35,42-45,48-50H,4-10,13-17,19,21,23,25-29,31-34,36-41H2,1-3H3,(H,53,54)/b12-11-,22-18-,24-20-,35-30-/t43-,44+,45-/m1/s1. The molecule has 0 saturated carbocycles. The molecule has 1 unspecified atom stereocenters. The van der Waals surface area contributed by atoms with Crippen LogP contribution in [0.2, 0.25) is 0 Å². The zero-order valence-corrected chi connectivity index (χ0v) is 38.1. The molecule has 0 bridgehead atoms. The maximum Gasteiger partial charge on any atom is 0.472 e. The molecule has 0 aliphatic carbocycles. The van der Waals surface area contributed by atoms with E-state index in [0.29, 0.717) is 19.3 Å². The highest BCUT2D eigenvalue weighted by Crippen LogP contribution is 2.43. The quantitative estimate of drug-likeness (QED) is 0.0199. The first-order valence-electron chi connectivity index (χ1n) is 23.0. The molecule has 0 radical (unpaired) electrons. The van der Waals surface area contributed by atoms with E-state index in [1.807, 2.05) is 24.3 Å². The van der Waals surface area contributed by atoms with Crippen LogP contribution in [0.1, 0.15) is 188 Å². The molecular weight excluding hydrogens is 771 g/mol. The highest BCUT2D eigenvalue weighted by molar-refractivity contribution is 7.47. The maximum absolute atomic E-state index is 12.6. The fourth-order valence-electron chi connectivity index (χ4n) is 6.13. The molecule has 0 aromatic heterocycles. The largest absolute Gasteiger partial charge is 0.472 e. The van der Waals surface area contributed by atoms with Crippen molar-refractivity contribution in [1.29, 1.82) is 0 Å². The molecule has 0 saturated heterocycles. The molecule has 344 valence electrons. The summed E-state index contributed by atoms with van der Waals surface area (Å²) in [5.41, 5.74) is 0. The summed E-state index contributed by atoms with van der Waals surface area (Å²) in [5.74, 6) is -0.185. The third-order valence-electron chi connectivity index (χ3n) is 9.73. The van der Waals surface area contributed by atoms with Crippen LogP contribution in [0.15, 0.2) is 48.6 Å². The van der Waals surface area contributed by atoms with Crippen LogP contribution in [0.4, 0.5) is 0 Å². The Labute approximate surface area is 358 Å². The molecule has 59 heavy (non-hydrogen) atoms. The molecule has 4 N–H and O–H groups in total. The lowest BCUT2D eigenvalue weighted by Gasteiger charge is -2.20. The lowest BCUT2D eigenvalue weighted by molar-refractivity contribution is -0.161. The van der Waals surface area contributed by atoms with Gasteiger partial charge in [0.2, 0.25) is 0 Å². The van der Waals surface area contributed by atoms with Gasteiger partial charge in [0.25, 0.3) is 0 Å². The summed E-state index contributed by atoms with van der Waals surface area (Å²) < 4.78 is 32.7. The van der Waals surface area contributed by atoms with Crippen LogP contribution in [-0.2, 0) is 32.7 Å². The Bertz CT molecular complexity index is 1150. The van der Waals surface area contributed by atoms with E-state index in [9.17, 15) is 29.3 Å². The van der Waals surface area contributed by atoms with Crippen molar-refractivity contribution < 1.29 is 52.9 Å². The summed E-state index contributed by atoms with van der Waals surface area (Å²) in [6.45, 7) is 4.50. The van der Waals surface area contributed by atoms with Crippen LogP contribution < -0.4 is 0 Å². The van der Waals surface area contributed by atoms with Crippen LogP contribution in [0.3, 0.4) is 0 Å². The number of esters is 2. The van der Waals surface area contributed by atoms with Gasteiger partial charge in [0.1, 0.15) is 12.7 Å². The fraction of sp³-hybridized carbons (Fsp3) is 0.787. The predicted octanol–water partition coefficient (Wildman–Crippen LogP) is 11.3. The molecule has 12 heteroatoms. The van der Waals surface area contributed by atoms with Gasteiger partial charge in [0.15, 0.2) is 6.10 Å². The van der Waals surface area contributed by atoms with E-state index in [4.69, 9.17) is 19.1 Å². The summed E-state index contributed by atoms with van der Waals surface area (Å²) in [5, 5.41) is 28.2. The lowest BCUT2D eigenvalue weighted by Crippen LogP contribution is -2.29. The molecule has 4 atom stereocenters. The molecule has 0 rings (SSSR count). The SMILES string of the molecule is CCCC[C@@H](O)/C=C\C/C=C\C/C=C\C/C=C\CCCC(=O)O[C@H](COC(=O)CCCCCCCCCCCCCCCCCC(C)C)COP(=O)(O)OC[C@@H](O)CO. The summed E-state index contributed by atoms with van der Waals surface area (Å²) in [6.07, 6.45) is 39.9. The Morgan fingerprint density at radius 1 is 0.593 bits per heavy atom. The van der Waals surface area contributed by atoms with Crippen LogP contribution in [0.5, 0.6) is 0 Å². The van der Waals surface area contributed by atoms with Gasteiger partial charge in [-0.05, 0) is 50.9 Å². The Balaban J connectivity index is 4.36. The molecular formula is C47H85O11P. The van der Waals surface area contributed by atoms with Crippen molar-refractivity contribution >= 4 is 19.8 Å². The van der Waals surface area contributed by atoms with Gasteiger partial charge in [-0.25, -0.2) is 4.57 Å². The highest BCUT2D eigenvalue weighted by atomic mass is 31.2. The molecule has 0 spiro atoms. The van der Waals surface area contributed by atoms with Crippen molar-refractivity contribution in [3.63, 3.8) is 0 Å². The van der Waals surface area contributed by atoms with Crippen molar-refractivity contribution in [3.05, 3.63) is 48.6 Å². The van der Waals surface area contributed by atoms with E-state index in [0.717, 1.165) is 63.7 Å². The first kappa shape index (κ1) is 56.9. The molecule has 0 heterocycles. The van der Waals surface area contributed by atoms with Gasteiger partial charge in [-0.1, -0.05) is 179 Å². The van der Waals surface area contributed by atoms with Gasteiger partial charge in [0.05, 0.1) is 25.9 Å². The van der Waals surface area contributed by atoms with Crippen LogP contribution in [0, 0.1) is 5.92 Å². The average Bonchev–Trinajstić information content (AvgIpc) is 3.21. The van der Waals surface area contributed by atoms with Gasteiger partial charge in [-0.3, -0.25) is 18.6 Å². The van der Waals surface area contributed by atoms with Crippen molar-refractivity contribution in [2.24, 2.45) is 5.92 Å². The summed E-state index contributed by atoms with van der Waals surface area (Å²) in [6, 6.07) is 0. The van der Waals surface area contributed by atoms with Crippen LogP contribution >= 0.6 is 7.82 Å². The number of allylic oxidation sites excluding steroid dienone is 7. The third kappa shape index (κ3) is 42.4. The Morgan fingerprint density at radius 3 is 1.63 bits per heavy atom.